The Balaban J connectivity index is 2.66. The van der Waals surface area contributed by atoms with E-state index >= 15 is 0 Å². The van der Waals surface area contributed by atoms with Gasteiger partial charge < -0.3 is 5.73 Å². The molecular weight excluding hydrogens is 224 g/mol. The number of fused-ring (bicyclic) bond motifs is 1. The van der Waals surface area contributed by atoms with Crippen LogP contribution in [-0.4, -0.2) is 11.1 Å². The van der Waals surface area contributed by atoms with Gasteiger partial charge in [-0.3, -0.25) is 14.2 Å². The molecule has 84 valence electrons. The first-order valence-electron chi connectivity index (χ1n) is 5.07. The SMILES string of the molecule is NCCCn1c(=O)sc2ccccc2c1=O. The molecule has 2 N–H and O–H groups in total. The Morgan fingerprint density at radius 2 is 2.00 bits per heavy atom. The maximum Gasteiger partial charge on any atom is 0.310 e. The van der Waals surface area contributed by atoms with Crippen molar-refractivity contribution in [2.24, 2.45) is 5.73 Å². The Kier molecular flexibility index (Phi) is 3.17. The fourth-order valence-corrected chi connectivity index (χ4v) is 2.44. The van der Waals surface area contributed by atoms with Crippen molar-refractivity contribution in [1.82, 2.24) is 4.57 Å². The molecule has 0 aliphatic carbocycles. The molecule has 2 rings (SSSR count). The highest BCUT2D eigenvalue weighted by Crippen LogP contribution is 2.10. The summed E-state index contributed by atoms with van der Waals surface area (Å²) in [5, 5.41) is 0.601. The third-order valence-corrected chi connectivity index (χ3v) is 3.34. The summed E-state index contributed by atoms with van der Waals surface area (Å²) >= 11 is 1.10. The van der Waals surface area contributed by atoms with Crippen LogP contribution in [0.25, 0.3) is 10.1 Å². The number of benzene rings is 1. The zero-order valence-corrected chi connectivity index (χ0v) is 9.50. The van der Waals surface area contributed by atoms with Crippen LogP contribution in [0.3, 0.4) is 0 Å². The zero-order chi connectivity index (χ0) is 11.5. The lowest BCUT2D eigenvalue weighted by atomic mass is 10.3. The largest absolute Gasteiger partial charge is 0.330 e. The summed E-state index contributed by atoms with van der Waals surface area (Å²) in [5.74, 6) is 0. The van der Waals surface area contributed by atoms with Crippen LogP contribution in [0.5, 0.6) is 0 Å². The summed E-state index contributed by atoms with van der Waals surface area (Å²) < 4.78 is 2.00. The van der Waals surface area contributed by atoms with Gasteiger partial charge in [0.1, 0.15) is 0 Å². The Labute approximate surface area is 96.0 Å². The van der Waals surface area contributed by atoms with Crippen LogP contribution in [0.2, 0.25) is 0 Å². The molecule has 0 amide bonds. The van der Waals surface area contributed by atoms with Gasteiger partial charge in [0.05, 0.1) is 5.39 Å². The fourth-order valence-electron chi connectivity index (χ4n) is 1.55. The first-order valence-corrected chi connectivity index (χ1v) is 5.88. The summed E-state index contributed by atoms with van der Waals surface area (Å²) in [6, 6.07) is 7.15. The molecular formula is C11H12N2O2S. The van der Waals surface area contributed by atoms with Crippen molar-refractivity contribution < 1.29 is 0 Å². The van der Waals surface area contributed by atoms with Crippen molar-refractivity contribution in [3.63, 3.8) is 0 Å². The van der Waals surface area contributed by atoms with Gasteiger partial charge in [-0.1, -0.05) is 23.5 Å². The summed E-state index contributed by atoms with van der Waals surface area (Å²) in [6.07, 6.45) is 0.639. The van der Waals surface area contributed by atoms with Gasteiger partial charge in [0.25, 0.3) is 5.56 Å². The topological polar surface area (TPSA) is 65.1 Å². The first-order chi connectivity index (χ1) is 7.74. The molecule has 16 heavy (non-hydrogen) atoms. The average Bonchev–Trinajstić information content (AvgIpc) is 2.29. The van der Waals surface area contributed by atoms with Gasteiger partial charge in [-0.15, -0.1) is 0 Å². The summed E-state index contributed by atoms with van der Waals surface area (Å²) in [4.78, 5) is 23.5. The molecule has 0 bridgehead atoms. The molecule has 2 aromatic rings. The van der Waals surface area contributed by atoms with Crippen molar-refractivity contribution in [1.29, 1.82) is 0 Å². The van der Waals surface area contributed by atoms with Crippen molar-refractivity contribution in [3.05, 3.63) is 44.3 Å². The second kappa shape index (κ2) is 4.59. The molecule has 1 heterocycles. The second-order valence-corrected chi connectivity index (χ2v) is 4.46. The minimum Gasteiger partial charge on any atom is -0.330 e. The average molecular weight is 236 g/mol. The Bertz CT molecular complexity index is 615. The Morgan fingerprint density at radius 1 is 1.25 bits per heavy atom. The van der Waals surface area contributed by atoms with E-state index in [9.17, 15) is 9.59 Å². The minimum absolute atomic E-state index is 0.211. The summed E-state index contributed by atoms with van der Waals surface area (Å²) in [7, 11) is 0. The molecule has 1 aromatic carbocycles. The number of hydrogen-bond donors (Lipinski definition) is 1. The Hall–Kier alpha value is -1.46. The van der Waals surface area contributed by atoms with E-state index in [1.54, 1.807) is 18.2 Å². The van der Waals surface area contributed by atoms with Crippen LogP contribution in [0.4, 0.5) is 0 Å². The normalized spacial score (nSPS) is 10.8. The highest BCUT2D eigenvalue weighted by molar-refractivity contribution is 7.16. The van der Waals surface area contributed by atoms with E-state index in [0.717, 1.165) is 16.0 Å². The number of aromatic nitrogens is 1. The van der Waals surface area contributed by atoms with E-state index < -0.39 is 0 Å². The van der Waals surface area contributed by atoms with Crippen LogP contribution in [-0.2, 0) is 6.54 Å². The van der Waals surface area contributed by atoms with Crippen LogP contribution in [0.1, 0.15) is 6.42 Å². The molecule has 0 radical (unpaired) electrons. The van der Waals surface area contributed by atoms with Gasteiger partial charge in [0.15, 0.2) is 0 Å². The monoisotopic (exact) mass is 236 g/mol. The molecule has 0 atom stereocenters. The predicted octanol–water partition coefficient (Wildman–Crippen LogP) is 0.772. The Morgan fingerprint density at radius 3 is 2.75 bits per heavy atom. The molecule has 0 aliphatic rings. The quantitative estimate of drug-likeness (QED) is 0.856. The van der Waals surface area contributed by atoms with Crippen LogP contribution in [0.15, 0.2) is 33.9 Å². The molecule has 0 unspecified atom stereocenters. The van der Waals surface area contributed by atoms with E-state index in [0.29, 0.717) is 24.9 Å². The maximum absolute atomic E-state index is 12.0. The van der Waals surface area contributed by atoms with E-state index in [-0.39, 0.29) is 10.4 Å². The van der Waals surface area contributed by atoms with Gasteiger partial charge in [0.2, 0.25) is 0 Å². The third-order valence-electron chi connectivity index (χ3n) is 2.37. The third kappa shape index (κ3) is 1.91. The van der Waals surface area contributed by atoms with Crippen molar-refractivity contribution in [2.45, 2.75) is 13.0 Å². The lowest BCUT2D eigenvalue weighted by molar-refractivity contribution is 0.625. The van der Waals surface area contributed by atoms with E-state index in [4.69, 9.17) is 5.73 Å². The van der Waals surface area contributed by atoms with Crippen molar-refractivity contribution in [3.8, 4) is 0 Å². The molecule has 0 aliphatic heterocycles. The van der Waals surface area contributed by atoms with Gasteiger partial charge in [0, 0.05) is 11.2 Å². The van der Waals surface area contributed by atoms with Crippen LogP contribution in [0, 0.1) is 0 Å². The lowest BCUT2D eigenvalue weighted by Gasteiger charge is -2.03. The van der Waals surface area contributed by atoms with Gasteiger partial charge >= 0.3 is 4.87 Å². The molecule has 0 fully saturated rings. The summed E-state index contributed by atoms with van der Waals surface area (Å²) in [6.45, 7) is 0.874. The molecule has 4 nitrogen and oxygen atoms in total. The van der Waals surface area contributed by atoms with Gasteiger partial charge in [-0.25, -0.2) is 0 Å². The van der Waals surface area contributed by atoms with Gasteiger partial charge in [-0.2, -0.15) is 0 Å². The van der Waals surface area contributed by atoms with Gasteiger partial charge in [-0.05, 0) is 25.1 Å². The summed E-state index contributed by atoms with van der Waals surface area (Å²) in [5.41, 5.74) is 5.16. The highest BCUT2D eigenvalue weighted by atomic mass is 32.1. The standard InChI is InChI=1S/C11H12N2O2S/c12-6-3-7-13-10(14)8-4-1-2-5-9(8)16-11(13)15/h1-2,4-5H,3,6-7,12H2. The maximum atomic E-state index is 12.0. The smallest absolute Gasteiger partial charge is 0.310 e. The number of rotatable bonds is 3. The van der Waals surface area contributed by atoms with E-state index in [1.165, 1.54) is 4.57 Å². The van der Waals surface area contributed by atoms with Crippen molar-refractivity contribution in [2.75, 3.05) is 6.54 Å². The molecule has 0 spiro atoms. The first kappa shape index (κ1) is 11.0. The second-order valence-electron chi connectivity index (χ2n) is 3.46. The van der Waals surface area contributed by atoms with Crippen LogP contribution < -0.4 is 16.2 Å². The molecule has 1 aromatic heterocycles. The molecule has 0 saturated carbocycles. The fraction of sp³-hybridized carbons (Fsp3) is 0.273. The van der Waals surface area contributed by atoms with E-state index in [1.807, 2.05) is 6.07 Å². The van der Waals surface area contributed by atoms with Crippen molar-refractivity contribution >= 4 is 21.4 Å². The number of nitrogens with zero attached hydrogens (tertiary/aromatic N) is 1. The lowest BCUT2D eigenvalue weighted by Crippen LogP contribution is -2.31. The molecule has 0 saturated heterocycles. The number of nitrogens with two attached hydrogens (primary N) is 1. The number of hydrogen-bond acceptors (Lipinski definition) is 4. The van der Waals surface area contributed by atoms with Crippen LogP contribution >= 0.6 is 11.3 Å². The minimum atomic E-state index is -0.215. The highest BCUT2D eigenvalue weighted by Gasteiger charge is 2.06. The molecule has 5 heteroatoms. The predicted molar refractivity (Wildman–Crippen MR) is 66.0 cm³/mol. The van der Waals surface area contributed by atoms with E-state index in [2.05, 4.69) is 0 Å². The zero-order valence-electron chi connectivity index (χ0n) is 8.68.